The Hall–Kier alpha value is -1.66. The lowest BCUT2D eigenvalue weighted by Crippen LogP contribution is -3.01. The van der Waals surface area contributed by atoms with Crippen molar-refractivity contribution in [3.8, 4) is 0 Å². The van der Waals surface area contributed by atoms with Crippen LogP contribution in [0.4, 0.5) is 65.9 Å². The van der Waals surface area contributed by atoms with Gasteiger partial charge in [-0.2, -0.15) is 43.9 Å². The van der Waals surface area contributed by atoms with E-state index >= 15 is 0 Å². The van der Waals surface area contributed by atoms with Gasteiger partial charge in [0.05, 0.1) is 6.61 Å². The highest BCUT2D eigenvalue weighted by atomic mass is 19.3. The number of aliphatic hydroxyl groups is 1. The van der Waals surface area contributed by atoms with Crippen molar-refractivity contribution in [3.63, 3.8) is 0 Å². The first kappa shape index (κ1) is 28.6. The van der Waals surface area contributed by atoms with Gasteiger partial charge in [0.2, 0.25) is 5.67 Å². The van der Waals surface area contributed by atoms with E-state index < -0.39 is 91.4 Å². The summed E-state index contributed by atoms with van der Waals surface area (Å²) in [6.07, 6.45) is -6.10. The lowest BCUT2D eigenvalue weighted by Gasteiger charge is -2.68. The number of halogens is 15. The molecule has 0 saturated heterocycles. The number of aliphatic hydroxyl groups excluding tert-OH is 1. The highest BCUT2D eigenvalue weighted by molar-refractivity contribution is 5.70. The predicted octanol–water partition coefficient (Wildman–Crippen LogP) is 3.89. The Kier molecular flexibility index (Phi) is 6.04. The molecule has 0 aromatic carbocycles. The molecule has 2 saturated carbocycles. The number of carbonyl (C=O) groups is 1. The Balaban J connectivity index is 3.02. The largest absolute Gasteiger partial charge is 0.462 e. The molecule has 1 N–H and O–H groups in total. The van der Waals surface area contributed by atoms with Crippen LogP contribution in [0.5, 0.6) is 0 Å². The van der Waals surface area contributed by atoms with Crippen LogP contribution in [0.15, 0.2) is 0 Å². The summed E-state index contributed by atoms with van der Waals surface area (Å²) in [5.74, 6) is -39.9. The number of ether oxygens (including phenoxy) is 2. The summed E-state index contributed by atoms with van der Waals surface area (Å²) in [4.78, 5) is 10.7. The molecular weight excluding hydrogens is 529 g/mol. The fourth-order valence-electron chi connectivity index (χ4n) is 3.92. The van der Waals surface area contributed by atoms with Crippen molar-refractivity contribution in [1.29, 1.82) is 0 Å². The molecule has 2 rings (SSSR count). The van der Waals surface area contributed by atoms with E-state index in [1.54, 1.807) is 0 Å². The van der Waals surface area contributed by atoms with Crippen LogP contribution >= 0.6 is 0 Å². The Morgan fingerprint density at radius 1 is 0.735 bits per heavy atom. The Labute approximate surface area is 178 Å². The quantitative estimate of drug-likeness (QED) is 0.316. The maximum atomic E-state index is 15.0. The Morgan fingerprint density at radius 3 is 1.62 bits per heavy atom. The summed E-state index contributed by atoms with van der Waals surface area (Å²) in [5.41, 5.74) is -28.9. The Morgan fingerprint density at radius 2 is 1.21 bits per heavy atom. The van der Waals surface area contributed by atoms with Gasteiger partial charge >= 0.3 is 46.9 Å². The molecule has 2 aliphatic carbocycles. The molecule has 4 atom stereocenters. The van der Waals surface area contributed by atoms with Gasteiger partial charge in [-0.1, -0.05) is 0 Å². The van der Waals surface area contributed by atoms with Crippen molar-refractivity contribution < 1.29 is 85.2 Å². The zero-order chi connectivity index (χ0) is 27.2. The van der Waals surface area contributed by atoms with E-state index in [2.05, 4.69) is 9.47 Å². The van der Waals surface area contributed by atoms with E-state index in [4.69, 9.17) is 5.11 Å². The zero-order valence-electron chi connectivity index (χ0n) is 16.0. The van der Waals surface area contributed by atoms with E-state index in [0.29, 0.717) is 0 Å². The lowest BCUT2D eigenvalue weighted by atomic mass is 9.49. The number of alkyl halides is 15. The monoisotopic (exact) mass is 540 g/mol. The molecule has 0 aromatic heterocycles. The lowest BCUT2D eigenvalue weighted by molar-refractivity contribution is -0.557. The molecule has 2 fully saturated rings. The summed E-state index contributed by atoms with van der Waals surface area (Å²) in [6, 6.07) is 0. The van der Waals surface area contributed by atoms with Crippen molar-refractivity contribution in [2.75, 3.05) is 19.8 Å². The highest BCUT2D eigenvalue weighted by Crippen LogP contribution is 2.81. The van der Waals surface area contributed by atoms with Crippen LogP contribution in [0.2, 0.25) is 0 Å². The van der Waals surface area contributed by atoms with E-state index in [1.807, 2.05) is 0 Å². The van der Waals surface area contributed by atoms with Crippen molar-refractivity contribution in [2.24, 2.45) is 0 Å². The molecular formula is C15H11F15O4. The molecule has 19 heteroatoms. The second-order valence-electron chi connectivity index (χ2n) is 7.45. The molecule has 2 bridgehead atoms. The number of rotatable bonds is 6. The van der Waals surface area contributed by atoms with Crippen LogP contribution < -0.4 is 0 Å². The minimum absolute atomic E-state index is 1.28. The van der Waals surface area contributed by atoms with Crippen LogP contribution in [-0.4, -0.2) is 89.5 Å². The van der Waals surface area contributed by atoms with E-state index in [0.717, 1.165) is 0 Å². The van der Waals surface area contributed by atoms with Gasteiger partial charge in [-0.05, 0) is 6.92 Å². The van der Waals surface area contributed by atoms with Crippen LogP contribution in [-0.2, 0) is 14.3 Å². The first-order valence-corrected chi connectivity index (χ1v) is 8.54. The van der Waals surface area contributed by atoms with Crippen LogP contribution in [0, 0.1) is 0 Å². The van der Waals surface area contributed by atoms with Gasteiger partial charge in [-0.25, -0.2) is 26.7 Å². The Bertz CT molecular complexity index is 836. The molecule has 2 aliphatic rings. The minimum atomic E-state index is -7.93. The molecule has 200 valence electrons. The molecule has 0 aromatic rings. The number of hydrogen-bond donors (Lipinski definition) is 1. The zero-order valence-corrected chi connectivity index (χ0v) is 16.0. The maximum absolute atomic E-state index is 15.0. The molecule has 4 nitrogen and oxygen atoms in total. The fraction of sp³-hybridized carbons (Fsp3) is 0.933. The second-order valence-corrected chi connectivity index (χ2v) is 7.45. The number of esters is 1. The average Bonchev–Trinajstić information content (AvgIpc) is 2.68. The molecule has 4 unspecified atom stereocenters. The molecule has 0 amide bonds. The topological polar surface area (TPSA) is 55.8 Å². The third-order valence-corrected chi connectivity index (χ3v) is 5.81. The standard InChI is InChI=1S/C15H11F15O4/c1-7(18)11(21,22)9(20)13(25,26)8(19,6(16)17)14(27,28)10(12(7,23)24,15(9,29)30)34-3-2-33-5(32)4-31/h6,31H,2-4H2,1H3. The van der Waals surface area contributed by atoms with Crippen LogP contribution in [0.1, 0.15) is 6.92 Å². The van der Waals surface area contributed by atoms with Crippen LogP contribution in [0.3, 0.4) is 0 Å². The number of carbonyl (C=O) groups excluding carboxylic acids is 1. The van der Waals surface area contributed by atoms with Gasteiger partial charge in [-0.3, -0.25) is 0 Å². The first-order valence-electron chi connectivity index (χ1n) is 8.54. The van der Waals surface area contributed by atoms with E-state index in [-0.39, 0.29) is 0 Å². The summed E-state index contributed by atoms with van der Waals surface area (Å²) in [5, 5.41) is 8.35. The normalized spacial score (nSPS) is 41.2. The van der Waals surface area contributed by atoms with Gasteiger partial charge in [0, 0.05) is 0 Å². The SMILES string of the molecule is CC1(F)C(F)(F)C2(F)C(F)(F)C(F)(C(F)F)C(F)(F)C(OCCOC(=O)CO)(C1(F)F)C2(F)F. The van der Waals surface area contributed by atoms with E-state index in [1.165, 1.54) is 0 Å². The summed E-state index contributed by atoms with van der Waals surface area (Å²) >= 11 is 0. The molecule has 34 heavy (non-hydrogen) atoms. The molecule has 0 heterocycles. The maximum Gasteiger partial charge on any atom is 0.338 e. The predicted molar refractivity (Wildman–Crippen MR) is 74.7 cm³/mol. The van der Waals surface area contributed by atoms with Crippen molar-refractivity contribution in [1.82, 2.24) is 0 Å². The van der Waals surface area contributed by atoms with Gasteiger partial charge in [0.15, 0.2) is 0 Å². The summed E-state index contributed by atoms with van der Waals surface area (Å²) in [6.45, 7) is -6.96. The van der Waals surface area contributed by atoms with Gasteiger partial charge < -0.3 is 14.6 Å². The third-order valence-electron chi connectivity index (χ3n) is 5.81. The second kappa shape index (κ2) is 7.19. The highest BCUT2D eigenvalue weighted by Gasteiger charge is 3.13. The third kappa shape index (κ3) is 2.40. The molecule has 0 radical (unpaired) electrons. The van der Waals surface area contributed by atoms with Crippen LogP contribution in [0.25, 0.3) is 0 Å². The average molecular weight is 540 g/mol. The first-order chi connectivity index (χ1) is 14.9. The van der Waals surface area contributed by atoms with E-state index in [9.17, 15) is 70.7 Å². The number of hydrogen-bond acceptors (Lipinski definition) is 4. The van der Waals surface area contributed by atoms with Gasteiger partial charge in [0.1, 0.15) is 13.2 Å². The van der Waals surface area contributed by atoms with Gasteiger partial charge in [0.25, 0.3) is 12.0 Å². The van der Waals surface area contributed by atoms with Crippen molar-refractivity contribution in [3.05, 3.63) is 0 Å². The molecule has 0 spiro atoms. The summed E-state index contributed by atoms with van der Waals surface area (Å²) in [7, 11) is 0. The smallest absolute Gasteiger partial charge is 0.338 e. The van der Waals surface area contributed by atoms with Gasteiger partial charge in [-0.15, -0.1) is 0 Å². The summed E-state index contributed by atoms with van der Waals surface area (Å²) < 4.78 is 223. The van der Waals surface area contributed by atoms with Crippen molar-refractivity contribution in [2.45, 2.75) is 65.6 Å². The van der Waals surface area contributed by atoms with Crippen molar-refractivity contribution >= 4 is 5.97 Å². The minimum Gasteiger partial charge on any atom is -0.462 e. The number of fused-ring (bicyclic) bond motifs is 2. The molecule has 0 aliphatic heterocycles. The fourth-order valence-corrected chi connectivity index (χ4v) is 3.92.